The SMILES string of the molecule is CCNC(COCC)C1(N(C)C)CCC(C)CC1. The molecule has 3 nitrogen and oxygen atoms in total. The molecule has 0 aromatic heterocycles. The van der Waals surface area contributed by atoms with Crippen molar-refractivity contribution in [3.63, 3.8) is 0 Å². The van der Waals surface area contributed by atoms with E-state index in [1.807, 2.05) is 0 Å². The zero-order chi connectivity index (χ0) is 13.6. The molecule has 1 unspecified atom stereocenters. The number of likely N-dealkylation sites (N-methyl/N-ethyl adjacent to an activating group) is 2. The van der Waals surface area contributed by atoms with Crippen molar-refractivity contribution in [2.45, 2.75) is 58.0 Å². The number of ether oxygens (including phenoxy) is 1. The summed E-state index contributed by atoms with van der Waals surface area (Å²) < 4.78 is 5.71. The summed E-state index contributed by atoms with van der Waals surface area (Å²) in [5.74, 6) is 0.882. The third kappa shape index (κ3) is 3.69. The second kappa shape index (κ2) is 7.46. The highest BCUT2D eigenvalue weighted by molar-refractivity contribution is 5.01. The minimum absolute atomic E-state index is 0.275. The number of hydrogen-bond acceptors (Lipinski definition) is 3. The van der Waals surface area contributed by atoms with Crippen LogP contribution in [0.2, 0.25) is 0 Å². The molecular weight excluding hydrogens is 224 g/mol. The molecule has 1 fully saturated rings. The predicted molar refractivity (Wildman–Crippen MR) is 78.0 cm³/mol. The van der Waals surface area contributed by atoms with Crippen molar-refractivity contribution in [1.82, 2.24) is 10.2 Å². The third-order valence-electron chi connectivity index (χ3n) is 4.62. The van der Waals surface area contributed by atoms with Crippen LogP contribution in [-0.4, -0.2) is 50.3 Å². The molecule has 1 atom stereocenters. The zero-order valence-corrected chi connectivity index (χ0v) is 13.0. The van der Waals surface area contributed by atoms with E-state index in [0.29, 0.717) is 6.04 Å². The van der Waals surface area contributed by atoms with Gasteiger partial charge in [0.25, 0.3) is 0 Å². The van der Waals surface area contributed by atoms with E-state index in [1.54, 1.807) is 0 Å². The van der Waals surface area contributed by atoms with Crippen molar-refractivity contribution in [1.29, 1.82) is 0 Å². The Bertz CT molecular complexity index is 223. The fourth-order valence-corrected chi connectivity index (χ4v) is 3.26. The summed E-state index contributed by atoms with van der Waals surface area (Å²) in [6, 6.07) is 0.449. The van der Waals surface area contributed by atoms with Gasteiger partial charge in [0.2, 0.25) is 0 Å². The van der Waals surface area contributed by atoms with Crippen LogP contribution in [0.15, 0.2) is 0 Å². The molecule has 0 aromatic rings. The van der Waals surface area contributed by atoms with Gasteiger partial charge in [0.05, 0.1) is 6.61 Å². The Morgan fingerprint density at radius 2 is 1.89 bits per heavy atom. The first-order valence-electron chi connectivity index (χ1n) is 7.55. The highest BCUT2D eigenvalue weighted by Crippen LogP contribution is 2.37. The molecule has 0 aliphatic heterocycles. The van der Waals surface area contributed by atoms with E-state index in [2.05, 4.69) is 45.1 Å². The standard InChI is InChI=1S/C15H32N2O/c1-6-16-14(12-18-7-2)15(17(4)5)10-8-13(3)9-11-15/h13-14,16H,6-12H2,1-5H3. The van der Waals surface area contributed by atoms with Crippen molar-refractivity contribution in [2.75, 3.05) is 33.9 Å². The summed E-state index contributed by atoms with van der Waals surface area (Å²) in [4.78, 5) is 2.44. The Morgan fingerprint density at radius 3 is 2.33 bits per heavy atom. The van der Waals surface area contributed by atoms with Crippen LogP contribution >= 0.6 is 0 Å². The second-order valence-electron chi connectivity index (χ2n) is 5.95. The summed E-state index contributed by atoms with van der Waals surface area (Å²) in [6.45, 7) is 9.30. The fourth-order valence-electron chi connectivity index (χ4n) is 3.26. The van der Waals surface area contributed by atoms with Crippen LogP contribution in [0.5, 0.6) is 0 Å². The molecule has 0 saturated heterocycles. The van der Waals surface area contributed by atoms with Crippen LogP contribution in [-0.2, 0) is 4.74 Å². The van der Waals surface area contributed by atoms with Gasteiger partial charge in [-0.1, -0.05) is 13.8 Å². The van der Waals surface area contributed by atoms with Gasteiger partial charge in [-0.15, -0.1) is 0 Å². The van der Waals surface area contributed by atoms with Crippen LogP contribution in [0.25, 0.3) is 0 Å². The van der Waals surface area contributed by atoms with Gasteiger partial charge in [-0.3, -0.25) is 0 Å². The van der Waals surface area contributed by atoms with Gasteiger partial charge in [-0.25, -0.2) is 0 Å². The lowest BCUT2D eigenvalue weighted by Crippen LogP contribution is -2.62. The summed E-state index contributed by atoms with van der Waals surface area (Å²) in [5.41, 5.74) is 0.275. The van der Waals surface area contributed by atoms with E-state index in [0.717, 1.165) is 25.7 Å². The zero-order valence-electron chi connectivity index (χ0n) is 13.0. The van der Waals surface area contributed by atoms with Crippen LogP contribution in [0.3, 0.4) is 0 Å². The number of rotatable bonds is 7. The molecule has 18 heavy (non-hydrogen) atoms. The number of nitrogens with zero attached hydrogens (tertiary/aromatic N) is 1. The molecule has 1 aliphatic rings. The van der Waals surface area contributed by atoms with Gasteiger partial charge in [-0.2, -0.15) is 0 Å². The van der Waals surface area contributed by atoms with Crippen molar-refractivity contribution < 1.29 is 4.74 Å². The molecule has 1 saturated carbocycles. The number of nitrogens with one attached hydrogen (secondary N) is 1. The lowest BCUT2D eigenvalue weighted by molar-refractivity contribution is 0.00283. The predicted octanol–water partition coefficient (Wildman–Crippen LogP) is 2.51. The molecule has 3 heteroatoms. The maximum Gasteiger partial charge on any atom is 0.0637 e. The average Bonchev–Trinajstić information content (AvgIpc) is 2.35. The summed E-state index contributed by atoms with van der Waals surface area (Å²) >= 11 is 0. The van der Waals surface area contributed by atoms with Gasteiger partial charge in [0.1, 0.15) is 0 Å². The van der Waals surface area contributed by atoms with Crippen LogP contribution < -0.4 is 5.32 Å². The minimum Gasteiger partial charge on any atom is -0.380 e. The maximum atomic E-state index is 5.71. The molecule has 0 amide bonds. The summed E-state index contributed by atoms with van der Waals surface area (Å²) in [5, 5.41) is 3.66. The van der Waals surface area contributed by atoms with Gasteiger partial charge >= 0.3 is 0 Å². The first kappa shape index (κ1) is 15.9. The van der Waals surface area contributed by atoms with Crippen molar-refractivity contribution in [3.8, 4) is 0 Å². The van der Waals surface area contributed by atoms with Crippen molar-refractivity contribution in [3.05, 3.63) is 0 Å². The molecule has 1 N–H and O–H groups in total. The first-order valence-corrected chi connectivity index (χ1v) is 7.55. The van der Waals surface area contributed by atoms with Crippen LogP contribution in [0, 0.1) is 5.92 Å². The summed E-state index contributed by atoms with van der Waals surface area (Å²) in [6.07, 6.45) is 5.25. The Hall–Kier alpha value is -0.120. The highest BCUT2D eigenvalue weighted by Gasteiger charge is 2.42. The maximum absolute atomic E-state index is 5.71. The average molecular weight is 256 g/mol. The van der Waals surface area contributed by atoms with Crippen molar-refractivity contribution >= 4 is 0 Å². The third-order valence-corrected chi connectivity index (χ3v) is 4.62. The van der Waals surface area contributed by atoms with Gasteiger partial charge in [0.15, 0.2) is 0 Å². The van der Waals surface area contributed by atoms with Gasteiger partial charge in [-0.05, 0) is 59.2 Å². The Balaban J connectivity index is 2.78. The molecule has 1 rings (SSSR count). The molecule has 0 heterocycles. The topological polar surface area (TPSA) is 24.5 Å². The lowest BCUT2D eigenvalue weighted by atomic mass is 9.72. The van der Waals surface area contributed by atoms with E-state index in [9.17, 15) is 0 Å². The fraction of sp³-hybridized carbons (Fsp3) is 1.00. The van der Waals surface area contributed by atoms with E-state index in [4.69, 9.17) is 4.74 Å². The normalized spacial score (nSPS) is 30.7. The number of hydrogen-bond donors (Lipinski definition) is 1. The molecule has 1 aliphatic carbocycles. The smallest absolute Gasteiger partial charge is 0.0637 e. The molecular formula is C15H32N2O. The molecule has 0 radical (unpaired) electrons. The lowest BCUT2D eigenvalue weighted by Gasteiger charge is -2.49. The first-order chi connectivity index (χ1) is 8.56. The van der Waals surface area contributed by atoms with Crippen molar-refractivity contribution in [2.24, 2.45) is 5.92 Å². The largest absolute Gasteiger partial charge is 0.380 e. The molecule has 0 aromatic carbocycles. The minimum atomic E-state index is 0.275. The summed E-state index contributed by atoms with van der Waals surface area (Å²) in [7, 11) is 4.46. The van der Waals surface area contributed by atoms with Crippen LogP contribution in [0.4, 0.5) is 0 Å². The molecule has 108 valence electrons. The quantitative estimate of drug-likeness (QED) is 0.757. The highest BCUT2D eigenvalue weighted by atomic mass is 16.5. The van der Waals surface area contributed by atoms with E-state index >= 15 is 0 Å². The van der Waals surface area contributed by atoms with Crippen LogP contribution in [0.1, 0.15) is 46.5 Å². The van der Waals surface area contributed by atoms with E-state index < -0.39 is 0 Å². The van der Waals surface area contributed by atoms with E-state index in [-0.39, 0.29) is 5.54 Å². The van der Waals surface area contributed by atoms with E-state index in [1.165, 1.54) is 25.7 Å². The van der Waals surface area contributed by atoms with Gasteiger partial charge < -0.3 is 15.0 Å². The Morgan fingerprint density at radius 1 is 1.28 bits per heavy atom. The van der Waals surface area contributed by atoms with Gasteiger partial charge in [0, 0.05) is 18.2 Å². The molecule has 0 spiro atoms. The molecule has 0 bridgehead atoms. The Labute approximate surface area is 113 Å². The monoisotopic (exact) mass is 256 g/mol. The Kier molecular flexibility index (Phi) is 6.61. The second-order valence-corrected chi connectivity index (χ2v) is 5.95.